The first kappa shape index (κ1) is 18.9. The fourth-order valence-corrected chi connectivity index (χ4v) is 5.55. The van der Waals surface area contributed by atoms with Crippen molar-refractivity contribution in [1.29, 1.82) is 0 Å². The predicted molar refractivity (Wildman–Crippen MR) is 119 cm³/mol. The molecule has 4 aromatic rings. The lowest BCUT2D eigenvalue weighted by Crippen LogP contribution is -2.22. The van der Waals surface area contributed by atoms with Crippen LogP contribution in [0.1, 0.15) is 73.3 Å². The number of benzene rings is 1. The first-order valence-corrected chi connectivity index (χ1v) is 11.4. The van der Waals surface area contributed by atoms with Gasteiger partial charge < -0.3 is 9.51 Å². The number of hydrogen-bond donors (Lipinski definition) is 1. The van der Waals surface area contributed by atoms with Crippen molar-refractivity contribution in [2.75, 3.05) is 0 Å². The van der Waals surface area contributed by atoms with Crippen molar-refractivity contribution in [2.45, 2.75) is 56.5 Å². The Kier molecular flexibility index (Phi) is 4.53. The van der Waals surface area contributed by atoms with Gasteiger partial charge in [-0.3, -0.25) is 4.98 Å². The number of hydrogen-bond acceptors (Lipinski definition) is 3. The van der Waals surface area contributed by atoms with E-state index in [4.69, 9.17) is 0 Å². The number of aromatic nitrogens is 3. The van der Waals surface area contributed by atoms with Crippen LogP contribution < -0.4 is 0 Å². The molecule has 158 valence electrons. The van der Waals surface area contributed by atoms with Crippen LogP contribution in [-0.4, -0.2) is 19.5 Å². The van der Waals surface area contributed by atoms with E-state index in [0.717, 1.165) is 47.8 Å². The summed E-state index contributed by atoms with van der Waals surface area (Å²) in [5.41, 5.74) is 5.40. The second-order valence-corrected chi connectivity index (χ2v) is 9.25. The number of aliphatic hydroxyl groups excluding tert-OH is 1. The Morgan fingerprint density at radius 1 is 0.935 bits per heavy atom. The van der Waals surface area contributed by atoms with Crippen molar-refractivity contribution in [3.8, 4) is 0 Å². The Morgan fingerprint density at radius 3 is 2.52 bits per heavy atom. The van der Waals surface area contributed by atoms with Crippen LogP contribution in [0.4, 0.5) is 4.39 Å². The summed E-state index contributed by atoms with van der Waals surface area (Å²) in [4.78, 5) is 8.71. The van der Waals surface area contributed by atoms with Gasteiger partial charge in [-0.15, -0.1) is 0 Å². The second kappa shape index (κ2) is 7.41. The van der Waals surface area contributed by atoms with Gasteiger partial charge in [0, 0.05) is 11.6 Å². The fourth-order valence-electron chi connectivity index (χ4n) is 5.55. The van der Waals surface area contributed by atoms with Crippen molar-refractivity contribution in [2.24, 2.45) is 5.92 Å². The van der Waals surface area contributed by atoms with Crippen LogP contribution in [0.5, 0.6) is 0 Å². The van der Waals surface area contributed by atoms with Gasteiger partial charge in [0.25, 0.3) is 0 Å². The molecule has 2 fully saturated rings. The molecular weight excluding hydrogens is 389 g/mol. The lowest BCUT2D eigenvalue weighted by Gasteiger charge is -2.33. The molecular formula is C26H26FN3O. The molecule has 6 rings (SSSR count). The minimum absolute atomic E-state index is 0.216. The van der Waals surface area contributed by atoms with Crippen molar-refractivity contribution < 1.29 is 9.50 Å². The Labute approximate surface area is 180 Å². The number of pyridine rings is 2. The monoisotopic (exact) mass is 415 g/mol. The van der Waals surface area contributed by atoms with E-state index < -0.39 is 6.10 Å². The molecule has 1 aromatic carbocycles. The van der Waals surface area contributed by atoms with E-state index in [-0.39, 0.29) is 11.7 Å². The lowest BCUT2D eigenvalue weighted by molar-refractivity contribution is 0.0755. The van der Waals surface area contributed by atoms with E-state index in [0.29, 0.717) is 11.8 Å². The molecule has 2 saturated carbocycles. The standard InChI is InChI=1S/C26H26FN3O/c27-19-7-10-24-23(13-19)21(11-12-29-24)16-3-5-18(6-4-16)26(31)25-22(17-1-2-17)9-8-20-14-28-15-30(20)25/h7-18,26,31H,1-6H2/t16?,18?,26-/m0/s1. The molecule has 4 nitrogen and oxygen atoms in total. The van der Waals surface area contributed by atoms with Gasteiger partial charge in [0.2, 0.25) is 0 Å². The first-order chi connectivity index (χ1) is 15.2. The Bertz CT molecular complexity index is 1250. The molecule has 3 heterocycles. The maximum absolute atomic E-state index is 13.9. The molecule has 0 spiro atoms. The average molecular weight is 416 g/mol. The molecule has 1 atom stereocenters. The third-order valence-electron chi connectivity index (χ3n) is 7.35. The van der Waals surface area contributed by atoms with Crippen LogP contribution in [0, 0.1) is 11.7 Å². The Balaban J connectivity index is 1.27. The van der Waals surface area contributed by atoms with E-state index in [2.05, 4.69) is 26.5 Å². The highest BCUT2D eigenvalue weighted by atomic mass is 19.1. The first-order valence-electron chi connectivity index (χ1n) is 11.4. The topological polar surface area (TPSA) is 50.4 Å². The number of aliphatic hydroxyl groups is 1. The minimum atomic E-state index is -0.485. The number of imidazole rings is 1. The molecule has 2 aliphatic carbocycles. The third kappa shape index (κ3) is 3.32. The highest BCUT2D eigenvalue weighted by Crippen LogP contribution is 2.47. The van der Waals surface area contributed by atoms with Gasteiger partial charge in [-0.2, -0.15) is 0 Å². The highest BCUT2D eigenvalue weighted by molar-refractivity contribution is 5.82. The van der Waals surface area contributed by atoms with Gasteiger partial charge in [0.05, 0.1) is 35.4 Å². The number of halogens is 1. The smallest absolute Gasteiger partial charge is 0.123 e. The fraction of sp³-hybridized carbons (Fsp3) is 0.385. The van der Waals surface area contributed by atoms with Crippen molar-refractivity contribution in [3.05, 3.63) is 77.8 Å². The lowest BCUT2D eigenvalue weighted by atomic mass is 9.75. The van der Waals surface area contributed by atoms with Crippen LogP contribution in [0.25, 0.3) is 16.4 Å². The summed E-state index contributed by atoms with van der Waals surface area (Å²) in [5.74, 6) is 0.965. The summed E-state index contributed by atoms with van der Waals surface area (Å²) in [6, 6.07) is 11.2. The van der Waals surface area contributed by atoms with Crippen LogP contribution >= 0.6 is 0 Å². The molecule has 0 unspecified atom stereocenters. The zero-order chi connectivity index (χ0) is 20.9. The Morgan fingerprint density at radius 2 is 1.71 bits per heavy atom. The number of rotatable bonds is 4. The molecule has 3 aromatic heterocycles. The molecule has 0 aliphatic heterocycles. The molecule has 1 N–H and O–H groups in total. The molecule has 0 radical (unpaired) electrons. The molecule has 0 amide bonds. The summed E-state index contributed by atoms with van der Waals surface area (Å²) >= 11 is 0. The SMILES string of the molecule is O[C@H](c1c(C2CC2)ccc2cncn12)C1CCC(c2ccnc3ccc(F)cc23)CC1. The summed E-state index contributed by atoms with van der Waals surface area (Å²) in [7, 11) is 0. The van der Waals surface area contributed by atoms with E-state index in [1.54, 1.807) is 12.1 Å². The summed E-state index contributed by atoms with van der Waals surface area (Å²) < 4.78 is 16.0. The van der Waals surface area contributed by atoms with Gasteiger partial charge >= 0.3 is 0 Å². The van der Waals surface area contributed by atoms with Gasteiger partial charge in [0.1, 0.15) is 5.82 Å². The van der Waals surface area contributed by atoms with Gasteiger partial charge in [-0.1, -0.05) is 6.07 Å². The van der Waals surface area contributed by atoms with Gasteiger partial charge in [0.15, 0.2) is 0 Å². The van der Waals surface area contributed by atoms with E-state index >= 15 is 0 Å². The van der Waals surface area contributed by atoms with E-state index in [9.17, 15) is 9.50 Å². The zero-order valence-corrected chi connectivity index (χ0v) is 17.4. The number of nitrogens with zero attached hydrogens (tertiary/aromatic N) is 3. The van der Waals surface area contributed by atoms with E-state index in [1.165, 1.54) is 30.0 Å². The van der Waals surface area contributed by atoms with Crippen molar-refractivity contribution in [3.63, 3.8) is 0 Å². The Hall–Kier alpha value is -2.79. The van der Waals surface area contributed by atoms with Crippen LogP contribution in [-0.2, 0) is 0 Å². The summed E-state index contributed by atoms with van der Waals surface area (Å²) in [5, 5.41) is 12.4. The zero-order valence-electron chi connectivity index (χ0n) is 17.4. The average Bonchev–Trinajstić information content (AvgIpc) is 3.54. The number of fused-ring (bicyclic) bond motifs is 2. The highest BCUT2D eigenvalue weighted by Gasteiger charge is 2.34. The van der Waals surface area contributed by atoms with Crippen molar-refractivity contribution >= 4 is 16.4 Å². The normalized spacial score (nSPS) is 22.8. The molecule has 2 aliphatic rings. The van der Waals surface area contributed by atoms with Crippen LogP contribution in [0.3, 0.4) is 0 Å². The van der Waals surface area contributed by atoms with Gasteiger partial charge in [-0.25, -0.2) is 9.37 Å². The largest absolute Gasteiger partial charge is 0.387 e. The van der Waals surface area contributed by atoms with Crippen molar-refractivity contribution in [1.82, 2.24) is 14.4 Å². The predicted octanol–water partition coefficient (Wildman–Crippen LogP) is 5.91. The molecule has 0 bridgehead atoms. The maximum atomic E-state index is 13.9. The van der Waals surface area contributed by atoms with E-state index in [1.807, 2.05) is 24.8 Å². The quantitative estimate of drug-likeness (QED) is 0.451. The van der Waals surface area contributed by atoms with Crippen LogP contribution in [0.2, 0.25) is 0 Å². The minimum Gasteiger partial charge on any atom is -0.387 e. The molecule has 5 heteroatoms. The van der Waals surface area contributed by atoms with Crippen LogP contribution in [0.15, 0.2) is 55.1 Å². The third-order valence-corrected chi connectivity index (χ3v) is 7.35. The maximum Gasteiger partial charge on any atom is 0.123 e. The molecule has 31 heavy (non-hydrogen) atoms. The summed E-state index contributed by atoms with van der Waals surface area (Å²) in [6.07, 6.45) is 11.4. The second-order valence-electron chi connectivity index (χ2n) is 9.25. The summed E-state index contributed by atoms with van der Waals surface area (Å²) in [6.45, 7) is 0. The molecule has 0 saturated heterocycles. The van der Waals surface area contributed by atoms with Gasteiger partial charge in [-0.05, 0) is 97.7 Å².